The van der Waals surface area contributed by atoms with Crippen LogP contribution < -0.4 is 9.06 Å². The normalized spacial score (nSPS) is 17.8. The summed E-state index contributed by atoms with van der Waals surface area (Å²) in [6, 6.07) is 4.15. The van der Waals surface area contributed by atoms with Gasteiger partial charge in [-0.3, -0.25) is 0 Å². The van der Waals surface area contributed by atoms with Crippen molar-refractivity contribution < 1.29 is 4.42 Å². The Morgan fingerprint density at radius 3 is 3.14 bits per heavy atom. The first-order valence-corrected chi connectivity index (χ1v) is 6.11. The van der Waals surface area contributed by atoms with Gasteiger partial charge in [0.15, 0.2) is 4.53 Å². The maximum Gasteiger partial charge on any atom is 0.363 e. The highest BCUT2D eigenvalue weighted by atomic mass is 32.2. The van der Waals surface area contributed by atoms with Crippen LogP contribution in [0.1, 0.15) is 6.92 Å². The van der Waals surface area contributed by atoms with Crippen LogP contribution in [-0.2, 0) is 4.42 Å². The molecule has 2 heterocycles. The molecule has 0 aliphatic carbocycles. The molecular weight excluding hydrogens is 212 g/mol. The molecule has 3 heteroatoms. The predicted molar refractivity (Wildman–Crippen MR) is 63.3 cm³/mol. The summed E-state index contributed by atoms with van der Waals surface area (Å²) in [5, 5.41) is 0. The summed E-state index contributed by atoms with van der Waals surface area (Å²) < 4.78 is 7.45. The molecule has 1 nitrogen and oxygen atoms in total. The van der Waals surface area contributed by atoms with E-state index in [0.29, 0.717) is 6.61 Å². The van der Waals surface area contributed by atoms with Gasteiger partial charge in [-0.25, -0.2) is 22.3 Å². The van der Waals surface area contributed by atoms with Gasteiger partial charge in [-0.05, 0) is 12.1 Å². The highest BCUT2D eigenvalue weighted by Crippen LogP contribution is 2.27. The monoisotopic (exact) mass is 222 g/mol. The fourth-order valence-corrected chi connectivity index (χ4v) is 2.78. The van der Waals surface area contributed by atoms with Gasteiger partial charge in [-0.2, -0.15) is 11.8 Å². The van der Waals surface area contributed by atoms with Gasteiger partial charge >= 0.3 is 5.94 Å². The molecule has 1 aromatic heterocycles. The first-order chi connectivity index (χ1) is 6.90. The van der Waals surface area contributed by atoms with E-state index in [9.17, 15) is 0 Å². The molecule has 14 heavy (non-hydrogen) atoms. The molecule has 1 aromatic rings. The minimum Gasteiger partial charge on any atom is -0.218 e. The summed E-state index contributed by atoms with van der Waals surface area (Å²) >= 11 is 3.46. The van der Waals surface area contributed by atoms with Gasteiger partial charge in [-0.1, -0.05) is 4.91 Å². The molecule has 0 fully saturated rings. The zero-order valence-electron chi connectivity index (χ0n) is 7.82. The van der Waals surface area contributed by atoms with Crippen LogP contribution in [0.4, 0.5) is 0 Å². The van der Waals surface area contributed by atoms with Crippen molar-refractivity contribution in [1.82, 2.24) is 0 Å². The fraction of sp³-hybridized carbons (Fsp3) is 0.182. The molecule has 0 unspecified atom stereocenters. The van der Waals surface area contributed by atoms with E-state index >= 15 is 0 Å². The topological polar surface area (TPSA) is 11.3 Å². The number of carbonyl (C=O) groups excluding carboxylic acids is 1. The highest BCUT2D eigenvalue weighted by molar-refractivity contribution is 8.10. The molecule has 0 N–H and O–H groups in total. The quantitative estimate of drug-likeness (QED) is 0.516. The van der Waals surface area contributed by atoms with Crippen LogP contribution in [0.15, 0.2) is 24.3 Å². The molecule has 0 spiro atoms. The lowest BCUT2D eigenvalue weighted by atomic mass is 10.4. The number of hydrogen-bond donors (Lipinski definition) is 0. The van der Waals surface area contributed by atoms with Gasteiger partial charge in [0.2, 0.25) is 0 Å². The Morgan fingerprint density at radius 2 is 2.43 bits per heavy atom. The van der Waals surface area contributed by atoms with Gasteiger partial charge in [0.25, 0.3) is 6.61 Å². The van der Waals surface area contributed by atoms with Crippen molar-refractivity contribution in [3.63, 3.8) is 0 Å². The second-order valence-corrected chi connectivity index (χ2v) is 4.71. The molecular formula is C11H10OS2. The lowest BCUT2D eigenvalue weighted by Crippen LogP contribution is -1.96. The number of thioether (sulfide) groups is 1. The average molecular weight is 222 g/mol. The average Bonchev–Trinajstić information content (AvgIpc) is 2.85. The Kier molecular flexibility index (Phi) is 3.14. The van der Waals surface area contributed by atoms with Crippen molar-refractivity contribution in [3.8, 4) is 0 Å². The SMILES string of the molecule is CC[O+]=C=c1ccc(=C2C=C[CH-]S2)s1. The van der Waals surface area contributed by atoms with Crippen LogP contribution in [0.25, 0.3) is 4.91 Å². The zero-order valence-corrected chi connectivity index (χ0v) is 9.45. The van der Waals surface area contributed by atoms with Crippen molar-refractivity contribution in [2.24, 2.45) is 0 Å². The van der Waals surface area contributed by atoms with Crippen molar-refractivity contribution in [3.05, 3.63) is 39.1 Å². The van der Waals surface area contributed by atoms with E-state index in [1.165, 1.54) is 9.44 Å². The predicted octanol–water partition coefficient (Wildman–Crippen LogP) is 1.38. The van der Waals surface area contributed by atoms with Crippen molar-refractivity contribution in [2.75, 3.05) is 6.61 Å². The lowest BCUT2D eigenvalue weighted by Gasteiger charge is -1.95. The Bertz CT molecular complexity index is 490. The van der Waals surface area contributed by atoms with Crippen LogP contribution in [0.2, 0.25) is 0 Å². The molecule has 0 saturated heterocycles. The summed E-state index contributed by atoms with van der Waals surface area (Å²) in [5.41, 5.74) is 0. The maximum atomic E-state index is 5.11. The summed E-state index contributed by atoms with van der Waals surface area (Å²) in [6.45, 7) is 2.63. The molecule has 0 saturated carbocycles. The Morgan fingerprint density at radius 1 is 1.50 bits per heavy atom. The van der Waals surface area contributed by atoms with E-state index in [1.54, 1.807) is 23.1 Å². The van der Waals surface area contributed by atoms with Gasteiger partial charge < -0.3 is 0 Å². The molecule has 2 rings (SSSR count). The number of hydrogen-bond acceptors (Lipinski definition) is 2. The molecule has 1 aliphatic rings. The van der Waals surface area contributed by atoms with E-state index in [0.717, 1.165) is 4.53 Å². The van der Waals surface area contributed by atoms with Crippen LogP contribution in [0.3, 0.4) is 0 Å². The van der Waals surface area contributed by atoms with Crippen molar-refractivity contribution in [1.29, 1.82) is 0 Å². The summed E-state index contributed by atoms with van der Waals surface area (Å²) in [7, 11) is 0. The van der Waals surface area contributed by atoms with Crippen molar-refractivity contribution >= 4 is 33.9 Å². The van der Waals surface area contributed by atoms with Crippen molar-refractivity contribution in [2.45, 2.75) is 6.92 Å². The molecule has 72 valence electrons. The third kappa shape index (κ3) is 2.13. The summed E-state index contributed by atoms with van der Waals surface area (Å²) in [5.74, 6) is 4.99. The molecule has 0 atom stereocenters. The summed E-state index contributed by atoms with van der Waals surface area (Å²) in [4.78, 5) is 1.31. The van der Waals surface area contributed by atoms with Crippen LogP contribution in [0, 0.1) is 5.75 Å². The molecule has 0 bridgehead atoms. The Hall–Kier alpha value is -0.890. The van der Waals surface area contributed by atoms with E-state index in [-0.39, 0.29) is 0 Å². The smallest absolute Gasteiger partial charge is 0.218 e. The van der Waals surface area contributed by atoms with E-state index < -0.39 is 0 Å². The molecule has 0 aromatic carbocycles. The van der Waals surface area contributed by atoms with Crippen LogP contribution in [0.5, 0.6) is 0 Å². The van der Waals surface area contributed by atoms with E-state index in [4.69, 9.17) is 4.42 Å². The van der Waals surface area contributed by atoms with Gasteiger partial charge in [-0.15, -0.1) is 11.3 Å². The Balaban J connectivity index is 2.49. The third-order valence-corrected chi connectivity index (χ3v) is 3.73. The third-order valence-electron chi connectivity index (χ3n) is 1.69. The van der Waals surface area contributed by atoms with Gasteiger partial charge in [0, 0.05) is 11.5 Å². The second kappa shape index (κ2) is 4.56. The second-order valence-electron chi connectivity index (χ2n) is 2.68. The minimum atomic E-state index is 0.673. The van der Waals surface area contributed by atoms with E-state index in [1.807, 2.05) is 13.0 Å². The van der Waals surface area contributed by atoms with Gasteiger partial charge in [0.05, 0.1) is 0 Å². The Labute approximate surface area is 91.2 Å². The molecule has 1 aliphatic heterocycles. The standard InChI is InChI=1S/C11H10OS2/c1-2-12-8-9-5-6-11(14-9)10-4-3-7-13-10/h3-7H,2H2,1H3. The zero-order chi connectivity index (χ0) is 9.80. The largest absolute Gasteiger partial charge is 0.363 e. The molecule has 0 radical (unpaired) electrons. The lowest BCUT2D eigenvalue weighted by molar-refractivity contribution is 0.127. The number of rotatable bonds is 1. The number of thiophene rings is 1. The maximum absolute atomic E-state index is 5.11. The highest BCUT2D eigenvalue weighted by Gasteiger charge is 1.94. The van der Waals surface area contributed by atoms with Crippen LogP contribution >= 0.6 is 23.1 Å². The van der Waals surface area contributed by atoms with E-state index in [2.05, 4.69) is 29.9 Å². The first-order valence-electron chi connectivity index (χ1n) is 4.41. The van der Waals surface area contributed by atoms with Gasteiger partial charge in [0.1, 0.15) is 0 Å². The van der Waals surface area contributed by atoms with Crippen LogP contribution in [-0.4, -0.2) is 12.5 Å². The molecule has 0 amide bonds. The minimum absolute atomic E-state index is 0.673. The fourth-order valence-electron chi connectivity index (χ4n) is 1.09. The first kappa shape index (κ1) is 9.66. The summed E-state index contributed by atoms with van der Waals surface area (Å²) in [6.07, 6.45) is 4.19.